The molecule has 2 nitrogen and oxygen atoms in total. The van der Waals surface area contributed by atoms with Crippen molar-refractivity contribution in [3.8, 4) is 0 Å². The average Bonchev–Trinajstić information content (AvgIpc) is 2.65. The van der Waals surface area contributed by atoms with Gasteiger partial charge in [-0.1, -0.05) is 59.2 Å². The molecule has 3 heteroatoms. The first-order valence-electron chi connectivity index (χ1n) is 6.41. The first-order chi connectivity index (χ1) is 7.46. The molecule has 0 aliphatic carbocycles. The lowest BCUT2D eigenvalue weighted by Gasteiger charge is -2.21. The number of aliphatic imine (C=N–C) groups is 1. The van der Waals surface area contributed by atoms with Gasteiger partial charge in [-0.2, -0.15) is 0 Å². The molecule has 1 aliphatic heterocycles. The molecule has 1 N–H and O–H groups in total. The highest BCUT2D eigenvalue weighted by molar-refractivity contribution is 8.14. The summed E-state index contributed by atoms with van der Waals surface area (Å²) in [6.45, 7) is 13.3. The quantitative estimate of drug-likeness (QED) is 0.815. The molecule has 16 heavy (non-hydrogen) atoms. The Morgan fingerprint density at radius 1 is 1.38 bits per heavy atom. The van der Waals surface area contributed by atoms with Crippen molar-refractivity contribution in [1.29, 1.82) is 0 Å². The summed E-state index contributed by atoms with van der Waals surface area (Å²) in [4.78, 5) is 4.61. The van der Waals surface area contributed by atoms with Crippen LogP contribution in [0.2, 0.25) is 0 Å². The van der Waals surface area contributed by atoms with E-state index >= 15 is 0 Å². The van der Waals surface area contributed by atoms with Crippen molar-refractivity contribution in [2.45, 2.75) is 52.7 Å². The maximum absolute atomic E-state index is 4.61. The Hall–Kier alpha value is -0.180. The lowest BCUT2D eigenvalue weighted by Crippen LogP contribution is -2.30. The van der Waals surface area contributed by atoms with Gasteiger partial charge >= 0.3 is 0 Å². The van der Waals surface area contributed by atoms with Crippen LogP contribution in [0.1, 0.15) is 47.5 Å². The van der Waals surface area contributed by atoms with Crippen molar-refractivity contribution in [1.82, 2.24) is 5.32 Å². The minimum absolute atomic E-state index is 0.329. The molecule has 0 spiro atoms. The highest BCUT2D eigenvalue weighted by Gasteiger charge is 2.26. The summed E-state index contributed by atoms with van der Waals surface area (Å²) in [5.41, 5.74) is 0.329. The van der Waals surface area contributed by atoms with Gasteiger partial charge in [-0.25, -0.2) is 0 Å². The van der Waals surface area contributed by atoms with Gasteiger partial charge in [0.2, 0.25) is 0 Å². The Kier molecular flexibility index (Phi) is 5.16. The van der Waals surface area contributed by atoms with Crippen LogP contribution in [0.25, 0.3) is 0 Å². The highest BCUT2D eigenvalue weighted by Crippen LogP contribution is 2.30. The van der Waals surface area contributed by atoms with Gasteiger partial charge in [-0.15, -0.1) is 0 Å². The van der Waals surface area contributed by atoms with Crippen LogP contribution in [0.5, 0.6) is 0 Å². The summed E-state index contributed by atoms with van der Waals surface area (Å²) in [7, 11) is 0. The summed E-state index contributed by atoms with van der Waals surface area (Å²) in [5.74, 6) is 0.822. The average molecular weight is 242 g/mol. The zero-order valence-electron chi connectivity index (χ0n) is 11.3. The Bertz CT molecular complexity index is 239. The van der Waals surface area contributed by atoms with Crippen LogP contribution in [0.15, 0.2) is 4.99 Å². The topological polar surface area (TPSA) is 24.4 Å². The van der Waals surface area contributed by atoms with Crippen LogP contribution in [0, 0.1) is 11.3 Å². The summed E-state index contributed by atoms with van der Waals surface area (Å²) >= 11 is 1.95. The lowest BCUT2D eigenvalue weighted by molar-refractivity contribution is 0.410. The molecule has 1 heterocycles. The van der Waals surface area contributed by atoms with Crippen LogP contribution in [0.3, 0.4) is 0 Å². The largest absolute Gasteiger partial charge is 0.364 e. The molecular formula is C13H26N2S. The maximum atomic E-state index is 4.61. The maximum Gasteiger partial charge on any atom is 0.156 e. The third kappa shape index (κ3) is 4.36. The predicted molar refractivity (Wildman–Crippen MR) is 75.2 cm³/mol. The van der Waals surface area contributed by atoms with Crippen LogP contribution in [-0.4, -0.2) is 23.5 Å². The molecule has 1 aliphatic rings. The molecule has 0 saturated heterocycles. The fourth-order valence-corrected chi connectivity index (χ4v) is 3.21. The Balaban J connectivity index is 2.34. The van der Waals surface area contributed by atoms with Gasteiger partial charge < -0.3 is 5.32 Å². The van der Waals surface area contributed by atoms with Crippen molar-refractivity contribution in [3.05, 3.63) is 0 Å². The van der Waals surface area contributed by atoms with Crippen LogP contribution >= 0.6 is 11.8 Å². The molecule has 0 aromatic heterocycles. The zero-order chi connectivity index (χ0) is 12.2. The van der Waals surface area contributed by atoms with Gasteiger partial charge in [0.15, 0.2) is 5.17 Å². The standard InChI is InChI=1S/C13H26N2S/c1-6-10(7-2)11-8-14-12(16-11)15-9-13(3,4)5/h10-11H,6-9H2,1-5H3,(H,14,15). The van der Waals surface area contributed by atoms with Crippen LogP contribution in [-0.2, 0) is 0 Å². The van der Waals surface area contributed by atoms with E-state index in [1.54, 1.807) is 0 Å². The van der Waals surface area contributed by atoms with Crippen LogP contribution < -0.4 is 5.32 Å². The molecule has 1 rings (SSSR count). The van der Waals surface area contributed by atoms with Gasteiger partial charge in [-0.05, 0) is 11.3 Å². The van der Waals surface area contributed by atoms with Gasteiger partial charge in [0, 0.05) is 11.8 Å². The summed E-state index contributed by atoms with van der Waals surface area (Å²) < 4.78 is 0. The molecular weight excluding hydrogens is 216 g/mol. The molecule has 0 aromatic carbocycles. The molecule has 0 saturated carbocycles. The SMILES string of the molecule is CCC(CC)C1CN=C(NCC(C)(C)C)S1. The van der Waals surface area contributed by atoms with E-state index in [-0.39, 0.29) is 0 Å². The van der Waals surface area contributed by atoms with Crippen molar-refractivity contribution in [2.75, 3.05) is 13.1 Å². The normalized spacial score (nSPS) is 21.4. The van der Waals surface area contributed by atoms with E-state index in [0.717, 1.165) is 24.2 Å². The fourth-order valence-electron chi connectivity index (χ4n) is 1.89. The van der Waals surface area contributed by atoms with E-state index in [4.69, 9.17) is 0 Å². The minimum Gasteiger partial charge on any atom is -0.364 e. The molecule has 0 fully saturated rings. The smallest absolute Gasteiger partial charge is 0.156 e. The van der Waals surface area contributed by atoms with Crippen molar-refractivity contribution < 1.29 is 0 Å². The minimum atomic E-state index is 0.329. The van der Waals surface area contributed by atoms with E-state index in [0.29, 0.717) is 10.7 Å². The third-order valence-corrected chi connectivity index (χ3v) is 4.36. The molecule has 1 atom stereocenters. The zero-order valence-corrected chi connectivity index (χ0v) is 12.2. The molecule has 0 radical (unpaired) electrons. The van der Waals surface area contributed by atoms with Gasteiger partial charge in [0.05, 0.1) is 6.54 Å². The predicted octanol–water partition coefficient (Wildman–Crippen LogP) is 3.53. The Morgan fingerprint density at radius 2 is 2.00 bits per heavy atom. The summed E-state index contributed by atoms with van der Waals surface area (Å²) in [6.07, 6.45) is 2.55. The number of amidine groups is 1. The number of nitrogens with zero attached hydrogens (tertiary/aromatic N) is 1. The van der Waals surface area contributed by atoms with Crippen molar-refractivity contribution >= 4 is 16.9 Å². The van der Waals surface area contributed by atoms with Crippen LogP contribution in [0.4, 0.5) is 0 Å². The molecule has 1 unspecified atom stereocenters. The van der Waals surface area contributed by atoms with Crippen molar-refractivity contribution in [3.63, 3.8) is 0 Å². The third-order valence-electron chi connectivity index (χ3n) is 3.02. The second kappa shape index (κ2) is 5.95. The molecule has 0 bridgehead atoms. The summed E-state index contributed by atoms with van der Waals surface area (Å²) in [5, 5.41) is 5.33. The van der Waals surface area contributed by atoms with E-state index in [2.05, 4.69) is 44.9 Å². The summed E-state index contributed by atoms with van der Waals surface area (Å²) in [6, 6.07) is 0. The van der Waals surface area contributed by atoms with E-state index < -0.39 is 0 Å². The fraction of sp³-hybridized carbons (Fsp3) is 0.923. The number of thioether (sulfide) groups is 1. The van der Waals surface area contributed by atoms with E-state index in [9.17, 15) is 0 Å². The second-order valence-electron chi connectivity index (χ2n) is 5.79. The van der Waals surface area contributed by atoms with Gasteiger partial charge in [0.1, 0.15) is 0 Å². The first kappa shape index (κ1) is 13.9. The second-order valence-corrected chi connectivity index (χ2v) is 7.02. The number of rotatable bonds is 4. The lowest BCUT2D eigenvalue weighted by atomic mass is 9.97. The number of nitrogens with one attached hydrogen (secondary N) is 1. The molecule has 0 aromatic rings. The first-order valence-corrected chi connectivity index (χ1v) is 7.29. The molecule has 0 amide bonds. The van der Waals surface area contributed by atoms with E-state index in [1.807, 2.05) is 11.8 Å². The molecule has 94 valence electrons. The highest BCUT2D eigenvalue weighted by atomic mass is 32.2. The van der Waals surface area contributed by atoms with Crippen molar-refractivity contribution in [2.24, 2.45) is 16.3 Å². The number of hydrogen-bond acceptors (Lipinski definition) is 3. The van der Waals surface area contributed by atoms with Gasteiger partial charge in [0.25, 0.3) is 0 Å². The van der Waals surface area contributed by atoms with Gasteiger partial charge in [-0.3, -0.25) is 4.99 Å². The number of hydrogen-bond donors (Lipinski definition) is 1. The van der Waals surface area contributed by atoms with E-state index in [1.165, 1.54) is 12.8 Å². The monoisotopic (exact) mass is 242 g/mol. The Labute approximate surface area is 105 Å². The Morgan fingerprint density at radius 3 is 2.50 bits per heavy atom.